The van der Waals surface area contributed by atoms with E-state index in [0.717, 1.165) is 18.8 Å². The molecule has 0 radical (unpaired) electrons. The summed E-state index contributed by atoms with van der Waals surface area (Å²) >= 11 is 1.71. The number of rotatable bonds is 5. The zero-order chi connectivity index (χ0) is 17.0. The van der Waals surface area contributed by atoms with E-state index in [0.29, 0.717) is 12.0 Å². The van der Waals surface area contributed by atoms with Gasteiger partial charge in [-0.3, -0.25) is 4.79 Å². The predicted molar refractivity (Wildman–Crippen MR) is 98.7 cm³/mol. The molecule has 1 aromatic rings. The predicted octanol–water partition coefficient (Wildman–Crippen LogP) is 4.32. The Morgan fingerprint density at radius 3 is 2.43 bits per heavy atom. The molecule has 1 aliphatic carbocycles. The van der Waals surface area contributed by atoms with Gasteiger partial charge in [0, 0.05) is 12.5 Å². The van der Waals surface area contributed by atoms with Crippen molar-refractivity contribution in [3.8, 4) is 0 Å². The maximum atomic E-state index is 12.5. The highest BCUT2D eigenvalue weighted by Gasteiger charge is 2.32. The summed E-state index contributed by atoms with van der Waals surface area (Å²) in [6, 6.07) is 2.41. The van der Waals surface area contributed by atoms with Crippen LogP contribution in [-0.4, -0.2) is 31.4 Å². The van der Waals surface area contributed by atoms with E-state index in [1.807, 2.05) is 0 Å². The first-order valence-electron chi connectivity index (χ1n) is 8.75. The molecule has 1 unspecified atom stereocenters. The largest absolute Gasteiger partial charge is 0.354 e. The molecule has 1 heterocycles. The van der Waals surface area contributed by atoms with Crippen molar-refractivity contribution in [2.45, 2.75) is 52.5 Å². The Morgan fingerprint density at radius 2 is 1.96 bits per heavy atom. The maximum Gasteiger partial charge on any atom is 0.223 e. The molecule has 0 aromatic carbocycles. The number of hydrogen-bond acceptors (Lipinski definition) is 3. The van der Waals surface area contributed by atoms with Gasteiger partial charge >= 0.3 is 0 Å². The van der Waals surface area contributed by atoms with Crippen LogP contribution in [0, 0.1) is 17.3 Å². The van der Waals surface area contributed by atoms with Gasteiger partial charge in [0.05, 0.1) is 6.04 Å². The summed E-state index contributed by atoms with van der Waals surface area (Å²) in [5, 5.41) is 7.47. The van der Waals surface area contributed by atoms with Gasteiger partial charge in [0.1, 0.15) is 0 Å². The van der Waals surface area contributed by atoms with Crippen LogP contribution in [0.1, 0.15) is 58.1 Å². The SMILES string of the molecule is CN(C)C(CNC(=O)C1CCC(C(C)(C)C)CC1)c1ccsc1. The fraction of sp³-hybridized carbons (Fsp3) is 0.737. The first-order chi connectivity index (χ1) is 10.8. The van der Waals surface area contributed by atoms with Crippen molar-refractivity contribution in [2.75, 3.05) is 20.6 Å². The Morgan fingerprint density at radius 1 is 1.30 bits per heavy atom. The van der Waals surface area contributed by atoms with E-state index in [1.165, 1.54) is 18.4 Å². The van der Waals surface area contributed by atoms with Gasteiger partial charge in [0.2, 0.25) is 5.91 Å². The molecule has 1 fully saturated rings. The molecule has 1 atom stereocenters. The molecule has 2 rings (SSSR count). The van der Waals surface area contributed by atoms with Gasteiger partial charge in [-0.15, -0.1) is 0 Å². The zero-order valence-corrected chi connectivity index (χ0v) is 16.1. The number of carbonyl (C=O) groups is 1. The molecule has 23 heavy (non-hydrogen) atoms. The number of carbonyl (C=O) groups excluding carboxylic acids is 1. The van der Waals surface area contributed by atoms with Gasteiger partial charge in [-0.2, -0.15) is 11.3 Å². The van der Waals surface area contributed by atoms with Crippen LogP contribution in [0.15, 0.2) is 16.8 Å². The fourth-order valence-corrected chi connectivity index (χ4v) is 4.33. The minimum atomic E-state index is 0.207. The van der Waals surface area contributed by atoms with Crippen LogP contribution in [0.25, 0.3) is 0 Å². The van der Waals surface area contributed by atoms with Crippen molar-refractivity contribution in [3.63, 3.8) is 0 Å². The minimum Gasteiger partial charge on any atom is -0.354 e. The molecule has 0 bridgehead atoms. The molecule has 0 saturated heterocycles. The van der Waals surface area contributed by atoms with Crippen molar-refractivity contribution in [1.82, 2.24) is 10.2 Å². The molecule has 1 saturated carbocycles. The summed E-state index contributed by atoms with van der Waals surface area (Å²) in [6.45, 7) is 7.66. The Hall–Kier alpha value is -0.870. The van der Waals surface area contributed by atoms with Crippen molar-refractivity contribution in [2.24, 2.45) is 17.3 Å². The second-order valence-electron chi connectivity index (χ2n) is 8.20. The molecule has 1 aliphatic rings. The maximum absolute atomic E-state index is 12.5. The lowest BCUT2D eigenvalue weighted by molar-refractivity contribution is -0.126. The zero-order valence-electron chi connectivity index (χ0n) is 15.3. The van der Waals surface area contributed by atoms with Crippen molar-refractivity contribution >= 4 is 17.2 Å². The van der Waals surface area contributed by atoms with Gasteiger partial charge in [0.15, 0.2) is 0 Å². The molecule has 1 amide bonds. The minimum absolute atomic E-state index is 0.207. The number of thiophene rings is 1. The van der Waals surface area contributed by atoms with E-state index in [4.69, 9.17) is 0 Å². The highest BCUT2D eigenvalue weighted by atomic mass is 32.1. The highest BCUT2D eigenvalue weighted by Crippen LogP contribution is 2.39. The number of amides is 1. The Kier molecular flexibility index (Phi) is 6.26. The van der Waals surface area contributed by atoms with Gasteiger partial charge < -0.3 is 10.2 Å². The van der Waals surface area contributed by atoms with Crippen LogP contribution < -0.4 is 5.32 Å². The topological polar surface area (TPSA) is 32.3 Å². The number of likely N-dealkylation sites (N-methyl/N-ethyl adjacent to an activating group) is 1. The summed E-state index contributed by atoms with van der Waals surface area (Å²) in [7, 11) is 4.14. The van der Waals surface area contributed by atoms with E-state index in [1.54, 1.807) is 11.3 Å². The van der Waals surface area contributed by atoms with Crippen molar-refractivity contribution < 1.29 is 4.79 Å². The molecular weight excluding hydrogens is 304 g/mol. The standard InChI is InChI=1S/C19H32N2OS/c1-19(2,3)16-8-6-14(7-9-16)18(22)20-12-17(21(4)5)15-10-11-23-13-15/h10-11,13-14,16-17H,6-9,12H2,1-5H3,(H,20,22). The Labute approximate surface area is 145 Å². The quantitative estimate of drug-likeness (QED) is 0.868. The first-order valence-corrected chi connectivity index (χ1v) is 9.69. The Balaban J connectivity index is 1.83. The van der Waals surface area contributed by atoms with Crippen LogP contribution in [0.5, 0.6) is 0 Å². The van der Waals surface area contributed by atoms with E-state index < -0.39 is 0 Å². The van der Waals surface area contributed by atoms with E-state index in [9.17, 15) is 4.79 Å². The second-order valence-corrected chi connectivity index (χ2v) is 8.98. The molecular formula is C19H32N2OS. The van der Waals surface area contributed by atoms with Gasteiger partial charge in [-0.05, 0) is 73.5 Å². The molecule has 0 aliphatic heterocycles. The summed E-state index contributed by atoms with van der Waals surface area (Å²) in [4.78, 5) is 14.7. The average Bonchev–Trinajstić information content (AvgIpc) is 3.00. The molecule has 4 heteroatoms. The van der Waals surface area contributed by atoms with Gasteiger partial charge in [-0.25, -0.2) is 0 Å². The molecule has 1 N–H and O–H groups in total. The summed E-state index contributed by atoms with van der Waals surface area (Å²) in [5.74, 6) is 1.21. The molecule has 3 nitrogen and oxygen atoms in total. The lowest BCUT2D eigenvalue weighted by Crippen LogP contribution is -2.39. The molecule has 130 valence electrons. The lowest BCUT2D eigenvalue weighted by Gasteiger charge is -2.36. The number of nitrogens with one attached hydrogen (secondary N) is 1. The van der Waals surface area contributed by atoms with Crippen LogP contribution >= 0.6 is 11.3 Å². The summed E-state index contributed by atoms with van der Waals surface area (Å²) in [5.41, 5.74) is 1.66. The lowest BCUT2D eigenvalue weighted by atomic mass is 9.69. The second kappa shape index (κ2) is 7.80. The first kappa shape index (κ1) is 18.5. The average molecular weight is 337 g/mol. The smallest absolute Gasteiger partial charge is 0.223 e. The van der Waals surface area contributed by atoms with Crippen molar-refractivity contribution in [3.05, 3.63) is 22.4 Å². The molecule has 1 aromatic heterocycles. The summed E-state index contributed by atoms with van der Waals surface area (Å²) in [6.07, 6.45) is 4.45. The van der Waals surface area contributed by atoms with Crippen LogP contribution in [0.2, 0.25) is 0 Å². The van der Waals surface area contributed by atoms with Gasteiger partial charge in [0.25, 0.3) is 0 Å². The number of nitrogens with zero attached hydrogens (tertiary/aromatic N) is 1. The number of hydrogen-bond donors (Lipinski definition) is 1. The summed E-state index contributed by atoms with van der Waals surface area (Å²) < 4.78 is 0. The van der Waals surface area contributed by atoms with E-state index >= 15 is 0 Å². The monoisotopic (exact) mass is 336 g/mol. The van der Waals surface area contributed by atoms with Crippen LogP contribution in [-0.2, 0) is 4.79 Å². The highest BCUT2D eigenvalue weighted by molar-refractivity contribution is 7.07. The Bertz CT molecular complexity index is 482. The van der Waals surface area contributed by atoms with E-state index in [2.05, 4.69) is 61.9 Å². The molecule has 0 spiro atoms. The van der Waals surface area contributed by atoms with Crippen molar-refractivity contribution in [1.29, 1.82) is 0 Å². The normalized spacial score (nSPS) is 23.7. The van der Waals surface area contributed by atoms with E-state index in [-0.39, 0.29) is 17.9 Å². The fourth-order valence-electron chi connectivity index (χ4n) is 3.63. The third kappa shape index (κ3) is 5.05. The van der Waals surface area contributed by atoms with Gasteiger partial charge in [-0.1, -0.05) is 20.8 Å². The van der Waals surface area contributed by atoms with Crippen LogP contribution in [0.4, 0.5) is 0 Å². The third-order valence-electron chi connectivity index (χ3n) is 5.34. The van der Waals surface area contributed by atoms with Crippen LogP contribution in [0.3, 0.4) is 0 Å². The third-order valence-corrected chi connectivity index (χ3v) is 6.05.